The second-order valence-corrected chi connectivity index (χ2v) is 5.51. The highest BCUT2D eigenvalue weighted by Crippen LogP contribution is 2.25. The molecular weight excluding hydrogens is 366 g/mol. The number of hydrogen-bond donors (Lipinski definition) is 2. The Labute approximate surface area is 141 Å². The monoisotopic (exact) mass is 381 g/mol. The van der Waals surface area contributed by atoms with Gasteiger partial charge < -0.3 is 14.0 Å². The lowest BCUT2D eigenvalue weighted by Gasteiger charge is -2.11. The molecule has 0 fully saturated rings. The summed E-state index contributed by atoms with van der Waals surface area (Å²) in [5, 5.41) is 0. The van der Waals surface area contributed by atoms with Gasteiger partial charge >= 0.3 is 0 Å². The van der Waals surface area contributed by atoms with Crippen molar-refractivity contribution in [3.63, 3.8) is 0 Å². The van der Waals surface area contributed by atoms with Gasteiger partial charge in [-0.2, -0.15) is 0 Å². The van der Waals surface area contributed by atoms with E-state index in [2.05, 4.69) is 26.8 Å². The van der Waals surface area contributed by atoms with Gasteiger partial charge in [-0.3, -0.25) is 20.4 Å². The van der Waals surface area contributed by atoms with Crippen LogP contribution in [0, 0.1) is 0 Å². The third kappa shape index (κ3) is 4.49. The maximum atomic E-state index is 11.9. The third-order valence-corrected chi connectivity index (χ3v) is 3.38. The molecule has 8 heteroatoms. The number of carbonyl (C=O) groups is 2. The highest BCUT2D eigenvalue weighted by molar-refractivity contribution is 9.10. The molecule has 7 nitrogen and oxygen atoms in total. The van der Waals surface area contributed by atoms with Gasteiger partial charge in [-0.1, -0.05) is 12.1 Å². The van der Waals surface area contributed by atoms with Crippen LogP contribution in [0.25, 0.3) is 0 Å². The van der Waals surface area contributed by atoms with Crippen LogP contribution in [-0.4, -0.2) is 30.1 Å². The summed E-state index contributed by atoms with van der Waals surface area (Å²) in [4.78, 5) is 23.7. The Morgan fingerprint density at radius 2 is 1.91 bits per heavy atom. The molecular formula is C15H16BrN3O4. The number of aryl methyl sites for hydroxylation is 1. The van der Waals surface area contributed by atoms with Crippen LogP contribution in [0.2, 0.25) is 0 Å². The minimum absolute atomic E-state index is 0.252. The minimum atomic E-state index is -0.488. The number of nitrogens with zero attached hydrogens (tertiary/aromatic N) is 1. The summed E-state index contributed by atoms with van der Waals surface area (Å²) in [6.07, 6.45) is 1.74. The Morgan fingerprint density at radius 3 is 2.52 bits per heavy atom. The zero-order chi connectivity index (χ0) is 16.8. The zero-order valence-corrected chi connectivity index (χ0v) is 14.2. The fraction of sp³-hybridized carbons (Fsp3) is 0.200. The predicted molar refractivity (Wildman–Crippen MR) is 87.2 cm³/mol. The molecule has 0 spiro atoms. The Balaban J connectivity index is 1.83. The Kier molecular flexibility index (Phi) is 5.64. The Hall–Kier alpha value is -2.48. The van der Waals surface area contributed by atoms with Crippen LogP contribution in [0.5, 0.6) is 11.5 Å². The molecule has 0 unspecified atom stereocenters. The third-order valence-electron chi connectivity index (χ3n) is 2.95. The minimum Gasteiger partial charge on any atom is -0.493 e. The number of nitrogens with one attached hydrogen (secondary N) is 2. The van der Waals surface area contributed by atoms with Crippen molar-refractivity contribution in [2.24, 2.45) is 7.05 Å². The standard InChI is InChI=1S/C15H16BrN3O4/c1-19-8-10(16)7-11(19)15(21)18-17-14(20)9-23-13-6-4-3-5-12(13)22-2/h3-8H,9H2,1-2H3,(H,17,20)(H,18,21). The van der Waals surface area contributed by atoms with Crippen molar-refractivity contribution in [1.29, 1.82) is 0 Å². The summed E-state index contributed by atoms with van der Waals surface area (Å²) in [7, 11) is 3.24. The predicted octanol–water partition coefficient (Wildman–Crippen LogP) is 1.64. The lowest BCUT2D eigenvalue weighted by Crippen LogP contribution is -2.44. The summed E-state index contributed by atoms with van der Waals surface area (Å²) in [6.45, 7) is -0.252. The molecule has 2 N–H and O–H groups in total. The molecule has 0 aliphatic carbocycles. The van der Waals surface area contributed by atoms with Gasteiger partial charge in [0, 0.05) is 17.7 Å². The maximum Gasteiger partial charge on any atom is 0.286 e. The van der Waals surface area contributed by atoms with Gasteiger partial charge in [0.15, 0.2) is 18.1 Å². The van der Waals surface area contributed by atoms with E-state index >= 15 is 0 Å². The highest BCUT2D eigenvalue weighted by atomic mass is 79.9. The molecule has 0 saturated carbocycles. The van der Waals surface area contributed by atoms with E-state index in [-0.39, 0.29) is 6.61 Å². The van der Waals surface area contributed by atoms with Crippen LogP contribution in [-0.2, 0) is 11.8 Å². The van der Waals surface area contributed by atoms with E-state index in [4.69, 9.17) is 9.47 Å². The number of para-hydroxylation sites is 2. The number of amides is 2. The summed E-state index contributed by atoms with van der Waals surface area (Å²) < 4.78 is 12.9. The van der Waals surface area contributed by atoms with E-state index < -0.39 is 11.8 Å². The quantitative estimate of drug-likeness (QED) is 0.771. The molecule has 122 valence electrons. The van der Waals surface area contributed by atoms with Crippen LogP contribution < -0.4 is 20.3 Å². The van der Waals surface area contributed by atoms with E-state index in [1.54, 1.807) is 48.1 Å². The number of hydrogen-bond acceptors (Lipinski definition) is 4. The van der Waals surface area contributed by atoms with Crippen molar-refractivity contribution in [2.75, 3.05) is 13.7 Å². The molecule has 2 amide bonds. The van der Waals surface area contributed by atoms with Crippen LogP contribution in [0.15, 0.2) is 41.0 Å². The molecule has 1 heterocycles. The molecule has 0 saturated heterocycles. The molecule has 0 radical (unpaired) electrons. The lowest BCUT2D eigenvalue weighted by atomic mass is 10.3. The average Bonchev–Trinajstić information content (AvgIpc) is 2.89. The van der Waals surface area contributed by atoms with Gasteiger partial charge in [0.2, 0.25) is 0 Å². The van der Waals surface area contributed by atoms with E-state index in [1.807, 2.05) is 0 Å². The van der Waals surface area contributed by atoms with Crippen LogP contribution in [0.3, 0.4) is 0 Å². The first-order chi connectivity index (χ1) is 11.0. The number of aromatic nitrogens is 1. The van der Waals surface area contributed by atoms with Crippen molar-refractivity contribution in [3.8, 4) is 11.5 Å². The number of halogens is 1. The van der Waals surface area contributed by atoms with Crippen molar-refractivity contribution in [1.82, 2.24) is 15.4 Å². The number of ether oxygens (including phenoxy) is 2. The molecule has 23 heavy (non-hydrogen) atoms. The van der Waals surface area contributed by atoms with Crippen molar-refractivity contribution < 1.29 is 19.1 Å². The number of rotatable bonds is 5. The van der Waals surface area contributed by atoms with Gasteiger partial charge in [0.25, 0.3) is 11.8 Å². The number of carbonyl (C=O) groups excluding carboxylic acids is 2. The first-order valence-corrected chi connectivity index (χ1v) is 7.47. The second kappa shape index (κ2) is 7.68. The average molecular weight is 382 g/mol. The van der Waals surface area contributed by atoms with Crippen molar-refractivity contribution >= 4 is 27.7 Å². The first kappa shape index (κ1) is 16.9. The number of hydrazine groups is 1. The molecule has 0 bridgehead atoms. The van der Waals surface area contributed by atoms with Crippen LogP contribution in [0.4, 0.5) is 0 Å². The molecule has 2 rings (SSSR count). The first-order valence-electron chi connectivity index (χ1n) is 6.68. The molecule has 0 atom stereocenters. The van der Waals surface area contributed by atoms with E-state index in [0.717, 1.165) is 4.47 Å². The van der Waals surface area contributed by atoms with Gasteiger partial charge in [-0.25, -0.2) is 0 Å². The van der Waals surface area contributed by atoms with Gasteiger partial charge in [-0.15, -0.1) is 0 Å². The molecule has 0 aliphatic heterocycles. The smallest absolute Gasteiger partial charge is 0.286 e. The largest absolute Gasteiger partial charge is 0.493 e. The molecule has 0 aliphatic rings. The van der Waals surface area contributed by atoms with Crippen LogP contribution in [0.1, 0.15) is 10.5 Å². The maximum absolute atomic E-state index is 11.9. The van der Waals surface area contributed by atoms with E-state index in [0.29, 0.717) is 17.2 Å². The van der Waals surface area contributed by atoms with Gasteiger partial charge in [0.1, 0.15) is 5.69 Å². The fourth-order valence-corrected chi connectivity index (χ4v) is 2.38. The second-order valence-electron chi connectivity index (χ2n) is 4.60. The molecule has 2 aromatic rings. The van der Waals surface area contributed by atoms with E-state index in [1.165, 1.54) is 7.11 Å². The molecule has 1 aromatic carbocycles. The zero-order valence-electron chi connectivity index (χ0n) is 12.6. The summed E-state index contributed by atoms with van der Waals surface area (Å²) in [5.74, 6) is 0.0576. The summed E-state index contributed by atoms with van der Waals surface area (Å²) in [5.41, 5.74) is 5.02. The normalized spacial score (nSPS) is 10.0. The topological polar surface area (TPSA) is 81.6 Å². The van der Waals surface area contributed by atoms with Gasteiger partial charge in [-0.05, 0) is 34.1 Å². The molecule has 1 aromatic heterocycles. The van der Waals surface area contributed by atoms with Gasteiger partial charge in [0.05, 0.1) is 7.11 Å². The Bertz CT molecular complexity index is 714. The Morgan fingerprint density at radius 1 is 1.22 bits per heavy atom. The van der Waals surface area contributed by atoms with E-state index in [9.17, 15) is 9.59 Å². The van der Waals surface area contributed by atoms with Crippen molar-refractivity contribution in [2.45, 2.75) is 0 Å². The van der Waals surface area contributed by atoms with Crippen LogP contribution >= 0.6 is 15.9 Å². The van der Waals surface area contributed by atoms with Crippen molar-refractivity contribution in [3.05, 3.63) is 46.7 Å². The lowest BCUT2D eigenvalue weighted by molar-refractivity contribution is -0.123. The summed E-state index contributed by atoms with van der Waals surface area (Å²) >= 11 is 3.28. The highest BCUT2D eigenvalue weighted by Gasteiger charge is 2.12. The number of methoxy groups -OCH3 is 1. The summed E-state index contributed by atoms with van der Waals surface area (Å²) in [6, 6.07) is 8.62. The number of benzene rings is 1. The fourth-order valence-electron chi connectivity index (χ4n) is 1.86. The SMILES string of the molecule is COc1ccccc1OCC(=O)NNC(=O)c1cc(Br)cn1C.